The third kappa shape index (κ3) is 5.37. The van der Waals surface area contributed by atoms with Gasteiger partial charge in [-0.15, -0.1) is 0 Å². The molecule has 0 atom stereocenters. The molecular weight excluding hydrogens is 362 g/mol. The molecule has 0 aromatic heterocycles. The van der Waals surface area contributed by atoms with Gasteiger partial charge in [0, 0.05) is 44.3 Å². The summed E-state index contributed by atoms with van der Waals surface area (Å²) in [4.78, 5) is 29.1. The molecule has 0 bridgehead atoms. The number of piperidine rings is 1. The highest BCUT2D eigenvalue weighted by atomic mass is 16.2. The van der Waals surface area contributed by atoms with Crippen LogP contribution in [-0.4, -0.2) is 42.9 Å². The van der Waals surface area contributed by atoms with E-state index in [1.807, 2.05) is 75.5 Å². The number of para-hydroxylation sites is 1. The van der Waals surface area contributed by atoms with Gasteiger partial charge >= 0.3 is 0 Å². The zero-order valence-corrected chi connectivity index (χ0v) is 17.6. The van der Waals surface area contributed by atoms with Crippen molar-refractivity contribution in [2.45, 2.75) is 39.3 Å². The van der Waals surface area contributed by atoms with E-state index >= 15 is 0 Å². The van der Waals surface area contributed by atoms with Crippen molar-refractivity contribution in [3.63, 3.8) is 0 Å². The van der Waals surface area contributed by atoms with Crippen LogP contribution in [0.4, 0.5) is 5.69 Å². The molecule has 0 aliphatic carbocycles. The minimum Gasteiger partial charge on any atom is -0.371 e. The number of benzene rings is 2. The molecule has 1 N–H and O–H groups in total. The Morgan fingerprint density at radius 2 is 1.66 bits per heavy atom. The molecule has 1 fully saturated rings. The smallest absolute Gasteiger partial charge is 0.256 e. The monoisotopic (exact) mass is 393 g/mol. The van der Waals surface area contributed by atoms with Crippen molar-refractivity contribution < 1.29 is 9.59 Å². The Hall–Kier alpha value is -2.82. The highest BCUT2D eigenvalue weighted by Gasteiger charge is 2.25. The van der Waals surface area contributed by atoms with Gasteiger partial charge in [0.15, 0.2) is 0 Å². The fourth-order valence-electron chi connectivity index (χ4n) is 3.70. The Morgan fingerprint density at radius 1 is 1.03 bits per heavy atom. The molecule has 3 rings (SSSR count). The van der Waals surface area contributed by atoms with Crippen molar-refractivity contribution in [3.05, 3.63) is 65.7 Å². The van der Waals surface area contributed by atoms with E-state index in [4.69, 9.17) is 0 Å². The van der Waals surface area contributed by atoms with E-state index in [1.165, 1.54) is 0 Å². The molecule has 1 aliphatic heterocycles. The minimum absolute atomic E-state index is 0.00605. The molecule has 5 nitrogen and oxygen atoms in total. The average Bonchev–Trinajstić information content (AvgIpc) is 2.74. The van der Waals surface area contributed by atoms with Crippen LogP contribution < -0.4 is 10.2 Å². The molecule has 1 heterocycles. The van der Waals surface area contributed by atoms with E-state index < -0.39 is 0 Å². The number of nitrogens with one attached hydrogen (secondary N) is 1. The van der Waals surface area contributed by atoms with Gasteiger partial charge in [0.1, 0.15) is 0 Å². The largest absolute Gasteiger partial charge is 0.371 e. The van der Waals surface area contributed by atoms with Crippen LogP contribution in [0.2, 0.25) is 0 Å². The van der Waals surface area contributed by atoms with Crippen LogP contribution in [0, 0.1) is 5.92 Å². The minimum atomic E-state index is 0.00605. The average molecular weight is 394 g/mol. The summed E-state index contributed by atoms with van der Waals surface area (Å²) in [5, 5.41) is 3.13. The van der Waals surface area contributed by atoms with E-state index in [-0.39, 0.29) is 23.8 Å². The van der Waals surface area contributed by atoms with Crippen LogP contribution in [0.25, 0.3) is 0 Å². The molecule has 154 valence electrons. The Morgan fingerprint density at radius 3 is 2.31 bits per heavy atom. The van der Waals surface area contributed by atoms with Gasteiger partial charge in [-0.3, -0.25) is 9.59 Å². The lowest BCUT2D eigenvalue weighted by atomic mass is 10.0. The zero-order valence-electron chi connectivity index (χ0n) is 17.6. The second kappa shape index (κ2) is 9.59. The van der Waals surface area contributed by atoms with E-state index in [9.17, 15) is 9.59 Å². The molecule has 0 saturated carbocycles. The number of rotatable bonds is 6. The van der Waals surface area contributed by atoms with Crippen molar-refractivity contribution >= 4 is 17.5 Å². The standard InChI is InChI=1S/C24H31N3O2/c1-18(2)23(28)25-20-13-15-27(16-14-20)22-12-8-7-11-21(22)24(29)26(3)17-19-9-5-4-6-10-19/h4-12,18,20H,13-17H2,1-3H3,(H,25,28). The molecule has 0 unspecified atom stereocenters. The second-order valence-corrected chi connectivity index (χ2v) is 8.09. The van der Waals surface area contributed by atoms with E-state index in [0.717, 1.165) is 42.7 Å². The first kappa shape index (κ1) is 20.9. The van der Waals surface area contributed by atoms with Gasteiger partial charge in [-0.1, -0.05) is 56.3 Å². The Balaban J connectivity index is 1.66. The number of anilines is 1. The van der Waals surface area contributed by atoms with Gasteiger partial charge in [-0.2, -0.15) is 0 Å². The summed E-state index contributed by atoms with van der Waals surface area (Å²) in [5.41, 5.74) is 2.82. The maximum Gasteiger partial charge on any atom is 0.256 e. The van der Waals surface area contributed by atoms with Gasteiger partial charge in [-0.25, -0.2) is 0 Å². The summed E-state index contributed by atoms with van der Waals surface area (Å²) in [6.45, 7) is 6.07. The fraction of sp³-hybridized carbons (Fsp3) is 0.417. The van der Waals surface area contributed by atoms with E-state index in [2.05, 4.69) is 10.2 Å². The van der Waals surface area contributed by atoms with Crippen molar-refractivity contribution in [1.29, 1.82) is 0 Å². The maximum absolute atomic E-state index is 13.1. The van der Waals surface area contributed by atoms with Crippen molar-refractivity contribution in [2.75, 3.05) is 25.0 Å². The summed E-state index contributed by atoms with van der Waals surface area (Å²) < 4.78 is 0. The summed E-state index contributed by atoms with van der Waals surface area (Å²) in [5.74, 6) is 0.146. The van der Waals surface area contributed by atoms with Crippen molar-refractivity contribution in [3.8, 4) is 0 Å². The highest BCUT2D eigenvalue weighted by molar-refractivity contribution is 5.99. The highest BCUT2D eigenvalue weighted by Crippen LogP contribution is 2.26. The topological polar surface area (TPSA) is 52.7 Å². The van der Waals surface area contributed by atoms with Gasteiger partial charge < -0.3 is 15.1 Å². The molecule has 2 aromatic rings. The van der Waals surface area contributed by atoms with Gasteiger partial charge in [0.2, 0.25) is 5.91 Å². The maximum atomic E-state index is 13.1. The summed E-state index contributed by atoms with van der Waals surface area (Å²) >= 11 is 0. The van der Waals surface area contributed by atoms with E-state index in [0.29, 0.717) is 6.54 Å². The number of hydrogen-bond donors (Lipinski definition) is 1. The third-order valence-corrected chi connectivity index (χ3v) is 5.45. The molecule has 2 amide bonds. The number of carbonyl (C=O) groups excluding carboxylic acids is 2. The number of carbonyl (C=O) groups is 2. The van der Waals surface area contributed by atoms with Gasteiger partial charge in [0.05, 0.1) is 5.56 Å². The summed E-state index contributed by atoms with van der Waals surface area (Å²) in [6, 6.07) is 18.1. The first-order valence-electron chi connectivity index (χ1n) is 10.4. The van der Waals surface area contributed by atoms with Crippen LogP contribution >= 0.6 is 0 Å². The molecule has 1 aliphatic rings. The lowest BCUT2D eigenvalue weighted by Gasteiger charge is -2.35. The molecule has 0 spiro atoms. The molecule has 5 heteroatoms. The SMILES string of the molecule is CC(C)C(=O)NC1CCN(c2ccccc2C(=O)N(C)Cc2ccccc2)CC1. The van der Waals surface area contributed by atoms with Crippen LogP contribution in [0.15, 0.2) is 54.6 Å². The number of amides is 2. The summed E-state index contributed by atoms with van der Waals surface area (Å²) in [7, 11) is 1.85. The zero-order chi connectivity index (χ0) is 20.8. The van der Waals surface area contributed by atoms with Crippen LogP contribution in [0.1, 0.15) is 42.6 Å². The second-order valence-electron chi connectivity index (χ2n) is 8.09. The van der Waals surface area contributed by atoms with Gasteiger partial charge in [-0.05, 0) is 30.5 Å². The Labute approximate surface area is 173 Å². The van der Waals surface area contributed by atoms with Crippen molar-refractivity contribution in [2.24, 2.45) is 5.92 Å². The van der Waals surface area contributed by atoms with E-state index in [1.54, 1.807) is 4.90 Å². The quantitative estimate of drug-likeness (QED) is 0.814. The Kier molecular flexibility index (Phi) is 6.91. The van der Waals surface area contributed by atoms with Crippen LogP contribution in [-0.2, 0) is 11.3 Å². The van der Waals surface area contributed by atoms with Gasteiger partial charge in [0.25, 0.3) is 5.91 Å². The molecule has 0 radical (unpaired) electrons. The lowest BCUT2D eigenvalue weighted by molar-refractivity contribution is -0.124. The Bertz CT molecular complexity index is 827. The first-order valence-corrected chi connectivity index (χ1v) is 10.4. The van der Waals surface area contributed by atoms with Crippen LogP contribution in [0.5, 0.6) is 0 Å². The normalized spacial score (nSPS) is 14.7. The number of nitrogens with zero attached hydrogens (tertiary/aromatic N) is 2. The molecule has 29 heavy (non-hydrogen) atoms. The third-order valence-electron chi connectivity index (χ3n) is 5.45. The number of hydrogen-bond acceptors (Lipinski definition) is 3. The molecular formula is C24H31N3O2. The predicted molar refractivity (Wildman–Crippen MR) is 117 cm³/mol. The molecule has 1 saturated heterocycles. The molecule has 2 aromatic carbocycles. The fourth-order valence-corrected chi connectivity index (χ4v) is 3.70. The lowest BCUT2D eigenvalue weighted by Crippen LogP contribution is -2.46. The summed E-state index contributed by atoms with van der Waals surface area (Å²) in [6.07, 6.45) is 1.78. The predicted octanol–water partition coefficient (Wildman–Crippen LogP) is 3.70. The first-order chi connectivity index (χ1) is 14.0. The van der Waals surface area contributed by atoms with Crippen LogP contribution in [0.3, 0.4) is 0 Å². The van der Waals surface area contributed by atoms with Crippen molar-refractivity contribution in [1.82, 2.24) is 10.2 Å².